The number of rotatable bonds is 1. The number of nitrogens with zero attached hydrogens (tertiary/aromatic N) is 1. The molecule has 2 rings (SSSR count). The summed E-state index contributed by atoms with van der Waals surface area (Å²) in [6.07, 6.45) is 0. The number of aromatic nitrogens is 1. The number of hydrogen-bond acceptors (Lipinski definition) is 4. The molecule has 0 fully saturated rings. The molecule has 0 saturated carbocycles. The predicted molar refractivity (Wildman–Crippen MR) is 51.4 cm³/mol. The zero-order valence-electron chi connectivity index (χ0n) is 6.32. The molecule has 3 nitrogen and oxygen atoms in total. The average molecular weight is 214 g/mol. The van der Waals surface area contributed by atoms with Crippen LogP contribution in [0.25, 0.3) is 11.1 Å². The summed E-state index contributed by atoms with van der Waals surface area (Å²) in [4.78, 5) is 14.7. The molecule has 0 amide bonds. The van der Waals surface area contributed by atoms with E-state index in [-0.39, 0.29) is 5.22 Å². The van der Waals surface area contributed by atoms with Crippen molar-refractivity contribution >= 4 is 40.6 Å². The fraction of sp³-hybridized carbons (Fsp3) is 0. The number of benzene rings is 1. The third-order valence-electron chi connectivity index (χ3n) is 1.60. The van der Waals surface area contributed by atoms with E-state index in [1.807, 2.05) is 0 Å². The molecule has 0 N–H and O–H groups in total. The molecule has 0 unspecified atom stereocenters. The molecule has 0 atom stereocenters. The Labute approximate surface area is 84.1 Å². The van der Waals surface area contributed by atoms with Crippen molar-refractivity contribution in [3.05, 3.63) is 23.8 Å². The van der Waals surface area contributed by atoms with Gasteiger partial charge in [-0.05, 0) is 29.8 Å². The molecule has 66 valence electrons. The molecule has 1 heterocycles. The summed E-state index contributed by atoms with van der Waals surface area (Å²) in [7, 11) is 0. The highest BCUT2D eigenvalue weighted by molar-refractivity contribution is 7.80. The van der Waals surface area contributed by atoms with E-state index >= 15 is 0 Å². The van der Waals surface area contributed by atoms with Crippen molar-refractivity contribution in [3.8, 4) is 0 Å². The summed E-state index contributed by atoms with van der Waals surface area (Å²) in [6, 6.07) is 4.78. The molecule has 0 aliphatic rings. The Hall–Kier alpha value is -1.00. The Morgan fingerprint density at radius 1 is 1.54 bits per heavy atom. The Morgan fingerprint density at radius 2 is 2.31 bits per heavy atom. The second kappa shape index (κ2) is 3.05. The van der Waals surface area contributed by atoms with Crippen LogP contribution in [0.15, 0.2) is 27.8 Å². The molecule has 2 aromatic rings. The zero-order valence-corrected chi connectivity index (χ0v) is 7.97. The summed E-state index contributed by atoms with van der Waals surface area (Å²) < 4.78 is 5.10. The second-order valence-corrected chi connectivity index (χ2v) is 3.18. The maximum atomic E-state index is 10.8. The second-order valence-electron chi connectivity index (χ2n) is 2.45. The minimum absolute atomic E-state index is 0.272. The lowest BCUT2D eigenvalue weighted by Crippen LogP contribution is -1.86. The fourth-order valence-corrected chi connectivity index (χ4v) is 1.36. The Morgan fingerprint density at radius 3 is 3.00 bits per heavy atom. The highest BCUT2D eigenvalue weighted by Gasteiger charge is 2.06. The molecular weight excluding hydrogens is 210 g/mol. The first-order chi connectivity index (χ1) is 6.16. The first-order valence-electron chi connectivity index (χ1n) is 3.46. The molecule has 5 heteroatoms. The normalized spacial score (nSPS) is 10.6. The lowest BCUT2D eigenvalue weighted by molar-refractivity contribution is 0.108. The molecule has 0 spiro atoms. The van der Waals surface area contributed by atoms with E-state index in [0.29, 0.717) is 16.7 Å². The number of carbonyl (C=O) groups is 1. The van der Waals surface area contributed by atoms with E-state index in [1.165, 1.54) is 0 Å². The molecular formula is C8H4ClNO2S. The van der Waals surface area contributed by atoms with Crippen LogP contribution in [0, 0.1) is 0 Å². The SMILES string of the molecule is O=C(Cl)c1ccc2oc(S)nc2c1. The van der Waals surface area contributed by atoms with Crippen LogP contribution < -0.4 is 0 Å². The first-order valence-corrected chi connectivity index (χ1v) is 4.29. The van der Waals surface area contributed by atoms with E-state index in [9.17, 15) is 4.79 Å². The minimum Gasteiger partial charge on any atom is -0.432 e. The highest BCUT2D eigenvalue weighted by atomic mass is 35.5. The van der Waals surface area contributed by atoms with Gasteiger partial charge >= 0.3 is 0 Å². The number of oxazole rings is 1. The molecule has 1 aromatic heterocycles. The van der Waals surface area contributed by atoms with Gasteiger partial charge in [0.15, 0.2) is 5.58 Å². The van der Waals surface area contributed by atoms with Crippen LogP contribution in [0.4, 0.5) is 0 Å². The van der Waals surface area contributed by atoms with Gasteiger partial charge in [-0.15, -0.1) is 0 Å². The fourth-order valence-electron chi connectivity index (χ4n) is 1.04. The van der Waals surface area contributed by atoms with Crippen molar-refractivity contribution in [1.82, 2.24) is 4.98 Å². The Balaban J connectivity index is 2.67. The van der Waals surface area contributed by atoms with Gasteiger partial charge in [0.25, 0.3) is 10.5 Å². The van der Waals surface area contributed by atoms with Crippen molar-refractivity contribution in [2.24, 2.45) is 0 Å². The van der Waals surface area contributed by atoms with Crippen LogP contribution in [0.2, 0.25) is 0 Å². The van der Waals surface area contributed by atoms with E-state index in [2.05, 4.69) is 17.6 Å². The highest BCUT2D eigenvalue weighted by Crippen LogP contribution is 2.19. The third-order valence-corrected chi connectivity index (χ3v) is 2.01. The Bertz CT molecular complexity index is 480. The Kier molecular flexibility index (Phi) is 2.01. The number of carbonyl (C=O) groups excluding carboxylic acids is 1. The topological polar surface area (TPSA) is 43.1 Å². The van der Waals surface area contributed by atoms with Crippen molar-refractivity contribution < 1.29 is 9.21 Å². The van der Waals surface area contributed by atoms with E-state index in [0.717, 1.165) is 0 Å². The van der Waals surface area contributed by atoms with Gasteiger partial charge in [-0.25, -0.2) is 4.98 Å². The van der Waals surface area contributed by atoms with Crippen LogP contribution >= 0.6 is 24.2 Å². The van der Waals surface area contributed by atoms with Crippen LogP contribution in [-0.4, -0.2) is 10.2 Å². The maximum absolute atomic E-state index is 10.8. The molecule has 13 heavy (non-hydrogen) atoms. The van der Waals surface area contributed by atoms with Gasteiger partial charge in [0, 0.05) is 5.56 Å². The quantitative estimate of drug-likeness (QED) is 0.585. The van der Waals surface area contributed by atoms with Gasteiger partial charge in [0.2, 0.25) is 0 Å². The predicted octanol–water partition coefficient (Wildman–Crippen LogP) is 2.50. The first kappa shape index (κ1) is 8.59. The van der Waals surface area contributed by atoms with E-state index in [4.69, 9.17) is 16.0 Å². The number of fused-ring (bicyclic) bond motifs is 1. The van der Waals surface area contributed by atoms with Crippen molar-refractivity contribution in [1.29, 1.82) is 0 Å². The summed E-state index contributed by atoms with van der Waals surface area (Å²) in [5.74, 6) is 0. The summed E-state index contributed by atoms with van der Waals surface area (Å²) in [6.45, 7) is 0. The van der Waals surface area contributed by atoms with Crippen molar-refractivity contribution in [2.45, 2.75) is 5.22 Å². The molecule has 0 aliphatic carbocycles. The van der Waals surface area contributed by atoms with Crippen molar-refractivity contribution in [2.75, 3.05) is 0 Å². The van der Waals surface area contributed by atoms with Gasteiger partial charge in [0.1, 0.15) is 5.52 Å². The maximum Gasteiger partial charge on any atom is 0.253 e. The lowest BCUT2D eigenvalue weighted by atomic mass is 10.2. The number of hydrogen-bond donors (Lipinski definition) is 1. The summed E-state index contributed by atoms with van der Waals surface area (Å²) >= 11 is 9.23. The van der Waals surface area contributed by atoms with E-state index in [1.54, 1.807) is 18.2 Å². The van der Waals surface area contributed by atoms with Gasteiger partial charge in [-0.3, -0.25) is 4.79 Å². The summed E-state index contributed by atoms with van der Waals surface area (Å²) in [5.41, 5.74) is 1.57. The van der Waals surface area contributed by atoms with E-state index < -0.39 is 5.24 Å². The van der Waals surface area contributed by atoms with Gasteiger partial charge in [-0.1, -0.05) is 12.6 Å². The smallest absolute Gasteiger partial charge is 0.253 e. The molecule has 0 radical (unpaired) electrons. The van der Waals surface area contributed by atoms with Crippen LogP contribution in [0.3, 0.4) is 0 Å². The minimum atomic E-state index is -0.509. The number of halogens is 1. The molecule has 1 aromatic carbocycles. The lowest BCUT2D eigenvalue weighted by Gasteiger charge is -1.90. The standard InChI is InChI=1S/C8H4ClNO2S/c9-7(11)4-1-2-6-5(3-4)10-8(13)12-6/h1-3H,(H,10,13). The summed E-state index contributed by atoms with van der Waals surface area (Å²) in [5, 5.41) is -0.236. The average Bonchev–Trinajstić information content (AvgIpc) is 2.42. The van der Waals surface area contributed by atoms with Crippen LogP contribution in [0.1, 0.15) is 10.4 Å². The van der Waals surface area contributed by atoms with Gasteiger partial charge < -0.3 is 4.42 Å². The monoisotopic (exact) mass is 213 g/mol. The molecule has 0 aliphatic heterocycles. The van der Waals surface area contributed by atoms with Crippen molar-refractivity contribution in [3.63, 3.8) is 0 Å². The molecule has 0 saturated heterocycles. The third kappa shape index (κ3) is 1.55. The van der Waals surface area contributed by atoms with Gasteiger partial charge in [0.05, 0.1) is 0 Å². The molecule has 0 bridgehead atoms. The number of thiol groups is 1. The van der Waals surface area contributed by atoms with Crippen LogP contribution in [-0.2, 0) is 0 Å². The van der Waals surface area contributed by atoms with Gasteiger partial charge in [-0.2, -0.15) is 0 Å². The largest absolute Gasteiger partial charge is 0.432 e. The van der Waals surface area contributed by atoms with Crippen LogP contribution in [0.5, 0.6) is 0 Å². The zero-order chi connectivity index (χ0) is 9.42.